The van der Waals surface area contributed by atoms with E-state index in [0.29, 0.717) is 11.8 Å². The van der Waals surface area contributed by atoms with E-state index in [4.69, 9.17) is 11.6 Å². The van der Waals surface area contributed by atoms with Gasteiger partial charge in [0.2, 0.25) is 0 Å². The molecule has 0 radical (unpaired) electrons. The number of alkyl halides is 1. The number of aromatic amines is 1. The van der Waals surface area contributed by atoms with E-state index in [1.54, 1.807) is 0 Å². The molecule has 3 rings (SSSR count). The van der Waals surface area contributed by atoms with E-state index in [1.807, 2.05) is 0 Å². The Morgan fingerprint density at radius 1 is 1.24 bits per heavy atom. The van der Waals surface area contributed by atoms with Crippen molar-refractivity contribution in [2.75, 3.05) is 13.1 Å². The van der Waals surface area contributed by atoms with Gasteiger partial charge in [-0.05, 0) is 49.0 Å². The number of aromatic nitrogens is 1. The molecule has 1 saturated heterocycles. The van der Waals surface area contributed by atoms with E-state index >= 15 is 0 Å². The Hall–Kier alpha value is -0.990. The molecule has 0 amide bonds. The van der Waals surface area contributed by atoms with Crippen LogP contribution in [0.15, 0.2) is 24.4 Å². The maximum atomic E-state index is 5.86. The monoisotopic (exact) mass is 248 g/mol. The molecule has 1 fully saturated rings. The third kappa shape index (κ3) is 2.07. The average Bonchev–Trinajstić information content (AvgIpc) is 2.82. The van der Waals surface area contributed by atoms with Gasteiger partial charge in [0.05, 0.1) is 0 Å². The molecule has 2 N–H and O–H groups in total. The lowest BCUT2D eigenvalue weighted by Crippen LogP contribution is -2.26. The van der Waals surface area contributed by atoms with E-state index in [0.717, 1.165) is 13.1 Å². The number of piperidine rings is 1. The molecule has 1 aliphatic heterocycles. The van der Waals surface area contributed by atoms with Gasteiger partial charge in [0.1, 0.15) is 0 Å². The summed E-state index contributed by atoms with van der Waals surface area (Å²) in [6.45, 7) is 2.27. The molecular formula is C14H17ClN2. The fraction of sp³-hybridized carbons (Fsp3) is 0.429. The van der Waals surface area contributed by atoms with Crippen LogP contribution in [0.2, 0.25) is 0 Å². The minimum atomic E-state index is 0.581. The Balaban J connectivity index is 1.99. The van der Waals surface area contributed by atoms with Crippen LogP contribution in [0.1, 0.15) is 29.9 Å². The van der Waals surface area contributed by atoms with Crippen molar-refractivity contribution >= 4 is 22.5 Å². The van der Waals surface area contributed by atoms with Crippen LogP contribution in [0.3, 0.4) is 0 Å². The van der Waals surface area contributed by atoms with Gasteiger partial charge in [-0.25, -0.2) is 0 Å². The summed E-state index contributed by atoms with van der Waals surface area (Å²) in [4.78, 5) is 3.38. The van der Waals surface area contributed by atoms with Crippen molar-refractivity contribution in [2.45, 2.75) is 24.6 Å². The van der Waals surface area contributed by atoms with Crippen molar-refractivity contribution in [3.05, 3.63) is 35.5 Å². The number of fused-ring (bicyclic) bond motifs is 1. The van der Waals surface area contributed by atoms with Crippen molar-refractivity contribution < 1.29 is 0 Å². The standard InChI is InChI=1S/C14H17ClN2/c15-8-10-1-2-12-13(9-17-14(12)7-10)11-3-5-16-6-4-11/h1-2,7,9,11,16-17H,3-6,8H2. The van der Waals surface area contributed by atoms with Gasteiger partial charge in [-0.2, -0.15) is 0 Å². The predicted molar refractivity (Wildman–Crippen MR) is 72.7 cm³/mol. The van der Waals surface area contributed by atoms with Crippen LogP contribution in [0.5, 0.6) is 0 Å². The summed E-state index contributed by atoms with van der Waals surface area (Å²) in [5, 5.41) is 4.78. The molecule has 2 heterocycles. The minimum absolute atomic E-state index is 0.581. The Bertz CT molecular complexity index is 512. The Labute approximate surface area is 106 Å². The maximum absolute atomic E-state index is 5.86. The lowest BCUT2D eigenvalue weighted by atomic mass is 9.90. The summed E-state index contributed by atoms with van der Waals surface area (Å²) in [5.74, 6) is 1.28. The van der Waals surface area contributed by atoms with Crippen molar-refractivity contribution in [1.82, 2.24) is 10.3 Å². The second kappa shape index (κ2) is 4.71. The number of halogens is 1. The molecule has 1 aliphatic rings. The van der Waals surface area contributed by atoms with Crippen LogP contribution in [-0.4, -0.2) is 18.1 Å². The molecule has 0 bridgehead atoms. The zero-order valence-electron chi connectivity index (χ0n) is 9.80. The molecule has 1 aromatic heterocycles. The van der Waals surface area contributed by atoms with Gasteiger partial charge in [0.25, 0.3) is 0 Å². The number of hydrogen-bond donors (Lipinski definition) is 2. The van der Waals surface area contributed by atoms with Crippen LogP contribution in [0, 0.1) is 0 Å². The number of hydrogen-bond acceptors (Lipinski definition) is 1. The lowest BCUT2D eigenvalue weighted by Gasteiger charge is -2.22. The van der Waals surface area contributed by atoms with Crippen LogP contribution in [0.4, 0.5) is 0 Å². The zero-order chi connectivity index (χ0) is 11.7. The van der Waals surface area contributed by atoms with E-state index in [-0.39, 0.29) is 0 Å². The SMILES string of the molecule is ClCc1ccc2c(C3CCNCC3)c[nH]c2c1. The normalized spacial score (nSPS) is 17.7. The molecule has 1 aromatic carbocycles. The highest BCUT2D eigenvalue weighted by molar-refractivity contribution is 6.17. The third-order valence-electron chi connectivity index (χ3n) is 3.71. The molecule has 90 valence electrons. The van der Waals surface area contributed by atoms with Crippen LogP contribution >= 0.6 is 11.6 Å². The second-order valence-corrected chi connectivity index (χ2v) is 5.05. The summed E-state index contributed by atoms with van der Waals surface area (Å²) in [6.07, 6.45) is 4.66. The molecular weight excluding hydrogens is 232 g/mol. The Kier molecular flexibility index (Phi) is 3.08. The topological polar surface area (TPSA) is 27.8 Å². The first-order valence-electron chi connectivity index (χ1n) is 6.25. The van der Waals surface area contributed by atoms with Crippen molar-refractivity contribution in [2.24, 2.45) is 0 Å². The van der Waals surface area contributed by atoms with Gasteiger partial charge in [-0.3, -0.25) is 0 Å². The van der Waals surface area contributed by atoms with Gasteiger partial charge in [0.15, 0.2) is 0 Å². The van der Waals surface area contributed by atoms with E-state index in [1.165, 1.54) is 34.9 Å². The zero-order valence-corrected chi connectivity index (χ0v) is 10.6. The summed E-state index contributed by atoms with van der Waals surface area (Å²) >= 11 is 5.86. The fourth-order valence-electron chi connectivity index (χ4n) is 2.75. The van der Waals surface area contributed by atoms with Gasteiger partial charge < -0.3 is 10.3 Å². The van der Waals surface area contributed by atoms with Crippen LogP contribution in [0.25, 0.3) is 10.9 Å². The number of nitrogens with one attached hydrogen (secondary N) is 2. The first kappa shape index (κ1) is 11.1. The molecule has 0 saturated carbocycles. The van der Waals surface area contributed by atoms with E-state index in [9.17, 15) is 0 Å². The molecule has 0 atom stereocenters. The number of rotatable bonds is 2. The largest absolute Gasteiger partial charge is 0.361 e. The Morgan fingerprint density at radius 3 is 2.82 bits per heavy atom. The lowest BCUT2D eigenvalue weighted by molar-refractivity contribution is 0.462. The minimum Gasteiger partial charge on any atom is -0.361 e. The average molecular weight is 249 g/mol. The van der Waals surface area contributed by atoms with Gasteiger partial charge in [-0.1, -0.05) is 12.1 Å². The smallest absolute Gasteiger partial charge is 0.0474 e. The van der Waals surface area contributed by atoms with Gasteiger partial charge >= 0.3 is 0 Å². The van der Waals surface area contributed by atoms with Crippen molar-refractivity contribution in [1.29, 1.82) is 0 Å². The molecule has 3 heteroatoms. The highest BCUT2D eigenvalue weighted by Crippen LogP contribution is 2.31. The van der Waals surface area contributed by atoms with E-state index in [2.05, 4.69) is 34.7 Å². The molecule has 2 aromatic rings. The summed E-state index contributed by atoms with van der Waals surface area (Å²) < 4.78 is 0. The van der Waals surface area contributed by atoms with Crippen LogP contribution < -0.4 is 5.32 Å². The van der Waals surface area contributed by atoms with E-state index < -0.39 is 0 Å². The third-order valence-corrected chi connectivity index (χ3v) is 4.02. The number of benzene rings is 1. The first-order valence-corrected chi connectivity index (χ1v) is 6.78. The van der Waals surface area contributed by atoms with Crippen LogP contribution in [-0.2, 0) is 5.88 Å². The fourth-order valence-corrected chi connectivity index (χ4v) is 2.92. The molecule has 2 nitrogen and oxygen atoms in total. The van der Waals surface area contributed by atoms with Gasteiger partial charge in [0, 0.05) is 23.0 Å². The quantitative estimate of drug-likeness (QED) is 0.784. The van der Waals surface area contributed by atoms with Crippen molar-refractivity contribution in [3.63, 3.8) is 0 Å². The highest BCUT2D eigenvalue weighted by Gasteiger charge is 2.18. The van der Waals surface area contributed by atoms with Gasteiger partial charge in [-0.15, -0.1) is 11.6 Å². The Morgan fingerprint density at radius 2 is 2.06 bits per heavy atom. The molecule has 0 aliphatic carbocycles. The first-order chi connectivity index (χ1) is 8.38. The molecule has 17 heavy (non-hydrogen) atoms. The maximum Gasteiger partial charge on any atom is 0.0474 e. The summed E-state index contributed by atoms with van der Waals surface area (Å²) in [6, 6.07) is 6.50. The summed E-state index contributed by atoms with van der Waals surface area (Å²) in [5.41, 5.74) is 3.87. The highest BCUT2D eigenvalue weighted by atomic mass is 35.5. The van der Waals surface area contributed by atoms with Crippen molar-refractivity contribution in [3.8, 4) is 0 Å². The second-order valence-electron chi connectivity index (χ2n) is 4.78. The molecule has 0 unspecified atom stereocenters. The summed E-state index contributed by atoms with van der Waals surface area (Å²) in [7, 11) is 0. The predicted octanol–water partition coefficient (Wildman–Crippen LogP) is 3.37. The molecule has 0 spiro atoms. The number of H-pyrrole nitrogens is 1.